The largest absolute Gasteiger partial charge is 0.319 e. The molecule has 2 heterocycles. The van der Waals surface area contributed by atoms with Gasteiger partial charge in [0, 0.05) is 5.69 Å². The van der Waals surface area contributed by atoms with E-state index in [0.29, 0.717) is 16.7 Å². The van der Waals surface area contributed by atoms with E-state index in [-0.39, 0.29) is 17.0 Å². The van der Waals surface area contributed by atoms with Crippen LogP contribution in [0.2, 0.25) is 0 Å². The van der Waals surface area contributed by atoms with Crippen molar-refractivity contribution in [3.63, 3.8) is 0 Å². The van der Waals surface area contributed by atoms with Gasteiger partial charge in [-0.3, -0.25) is 9.59 Å². The Morgan fingerprint density at radius 1 is 1.12 bits per heavy atom. The minimum Gasteiger partial charge on any atom is -0.319 e. The van der Waals surface area contributed by atoms with E-state index in [9.17, 15) is 9.59 Å². The first-order valence-electron chi connectivity index (χ1n) is 7.79. The van der Waals surface area contributed by atoms with Crippen molar-refractivity contribution in [3.05, 3.63) is 69.8 Å². The summed E-state index contributed by atoms with van der Waals surface area (Å²) in [5.41, 5.74) is 3.72. The van der Waals surface area contributed by atoms with E-state index in [1.165, 1.54) is 4.52 Å². The molecule has 0 aliphatic rings. The van der Waals surface area contributed by atoms with Gasteiger partial charge in [-0.05, 0) is 49.2 Å². The number of hydrogen-bond acceptors (Lipinski definition) is 4. The average molecular weight is 333 g/mol. The molecule has 2 aromatic carbocycles. The van der Waals surface area contributed by atoms with Gasteiger partial charge in [0.25, 0.3) is 11.5 Å². The topological polar surface area (TPSA) is 92.1 Å². The van der Waals surface area contributed by atoms with Crippen molar-refractivity contribution in [2.24, 2.45) is 0 Å². The Balaban J connectivity index is 1.80. The molecule has 4 aromatic rings. The Hall–Kier alpha value is -3.48. The van der Waals surface area contributed by atoms with Crippen molar-refractivity contribution < 1.29 is 4.79 Å². The van der Waals surface area contributed by atoms with Gasteiger partial charge in [-0.15, -0.1) is 5.10 Å². The minimum atomic E-state index is -0.464. The molecule has 0 aliphatic heterocycles. The first kappa shape index (κ1) is 15.1. The summed E-state index contributed by atoms with van der Waals surface area (Å²) in [6.07, 6.45) is 0. The highest BCUT2D eigenvalue weighted by Gasteiger charge is 2.17. The van der Waals surface area contributed by atoms with E-state index in [1.807, 2.05) is 50.2 Å². The monoisotopic (exact) mass is 333 g/mol. The number of amides is 1. The molecule has 0 fully saturated rings. The molecule has 0 radical (unpaired) electrons. The molecule has 2 N–H and O–H groups in total. The van der Waals surface area contributed by atoms with E-state index in [1.54, 1.807) is 6.07 Å². The Bertz CT molecular complexity index is 1190. The molecule has 0 unspecified atom stereocenters. The third-order valence-electron chi connectivity index (χ3n) is 3.92. The van der Waals surface area contributed by atoms with E-state index < -0.39 is 5.91 Å². The normalized spacial score (nSPS) is 11.1. The number of nitrogens with zero attached hydrogens (tertiary/aromatic N) is 3. The maximum absolute atomic E-state index is 12.4. The average Bonchev–Trinajstić information content (AvgIpc) is 3.01. The van der Waals surface area contributed by atoms with Gasteiger partial charge in [0.15, 0.2) is 0 Å². The summed E-state index contributed by atoms with van der Waals surface area (Å²) >= 11 is 0. The SMILES string of the molecule is Cc1cccc(NC(=O)c2nc3c(=O)[nH]c4cc(C)ccc4n3n2)c1. The molecule has 0 saturated carbocycles. The van der Waals surface area contributed by atoms with Gasteiger partial charge in [-0.1, -0.05) is 18.2 Å². The third-order valence-corrected chi connectivity index (χ3v) is 3.92. The summed E-state index contributed by atoms with van der Waals surface area (Å²) in [5.74, 6) is -0.519. The number of aromatic amines is 1. The van der Waals surface area contributed by atoms with Gasteiger partial charge < -0.3 is 10.3 Å². The van der Waals surface area contributed by atoms with Gasteiger partial charge in [0.2, 0.25) is 11.5 Å². The molecule has 0 aliphatic carbocycles. The van der Waals surface area contributed by atoms with Crippen molar-refractivity contribution in [2.45, 2.75) is 13.8 Å². The molecule has 7 nitrogen and oxygen atoms in total. The zero-order valence-electron chi connectivity index (χ0n) is 13.7. The number of carbonyl (C=O) groups is 1. The molecule has 0 spiro atoms. The van der Waals surface area contributed by atoms with Crippen LogP contribution in [-0.4, -0.2) is 25.5 Å². The highest BCUT2D eigenvalue weighted by molar-refractivity contribution is 6.02. The predicted molar refractivity (Wildman–Crippen MR) is 95.0 cm³/mol. The number of anilines is 1. The molecule has 4 rings (SSSR count). The summed E-state index contributed by atoms with van der Waals surface area (Å²) in [5, 5.41) is 6.97. The lowest BCUT2D eigenvalue weighted by atomic mass is 10.2. The fraction of sp³-hybridized carbons (Fsp3) is 0.111. The molecule has 7 heteroatoms. The quantitative estimate of drug-likeness (QED) is 0.589. The molecule has 1 amide bonds. The van der Waals surface area contributed by atoms with E-state index in [2.05, 4.69) is 20.4 Å². The molecule has 0 bridgehead atoms. The summed E-state index contributed by atoms with van der Waals surface area (Å²) in [6.45, 7) is 3.87. The number of H-pyrrole nitrogens is 1. The Labute approximate surface area is 142 Å². The lowest BCUT2D eigenvalue weighted by molar-refractivity contribution is 0.101. The van der Waals surface area contributed by atoms with Gasteiger partial charge in [-0.25, -0.2) is 4.52 Å². The van der Waals surface area contributed by atoms with Crippen LogP contribution in [0.5, 0.6) is 0 Å². The number of aryl methyl sites for hydroxylation is 2. The van der Waals surface area contributed by atoms with Crippen LogP contribution >= 0.6 is 0 Å². The molecule has 0 atom stereocenters. The second-order valence-electron chi connectivity index (χ2n) is 5.97. The highest BCUT2D eigenvalue weighted by Crippen LogP contribution is 2.14. The van der Waals surface area contributed by atoms with Crippen LogP contribution in [-0.2, 0) is 0 Å². The van der Waals surface area contributed by atoms with Gasteiger partial charge in [0.05, 0.1) is 11.0 Å². The molecule has 2 aromatic heterocycles. The van der Waals surface area contributed by atoms with Crippen molar-refractivity contribution in [1.82, 2.24) is 19.6 Å². The summed E-state index contributed by atoms with van der Waals surface area (Å²) < 4.78 is 1.40. The van der Waals surface area contributed by atoms with Crippen LogP contribution in [0.1, 0.15) is 21.7 Å². The zero-order valence-corrected chi connectivity index (χ0v) is 13.7. The summed E-state index contributed by atoms with van der Waals surface area (Å²) in [7, 11) is 0. The summed E-state index contributed by atoms with van der Waals surface area (Å²) in [6, 6.07) is 13.0. The molecule has 25 heavy (non-hydrogen) atoms. The maximum Gasteiger partial charge on any atom is 0.295 e. The Kier molecular flexibility index (Phi) is 3.35. The molecular weight excluding hydrogens is 318 g/mol. The van der Waals surface area contributed by atoms with Crippen molar-refractivity contribution >= 4 is 28.3 Å². The van der Waals surface area contributed by atoms with Crippen LogP contribution in [0.4, 0.5) is 5.69 Å². The fourth-order valence-corrected chi connectivity index (χ4v) is 2.75. The number of hydrogen-bond donors (Lipinski definition) is 2. The van der Waals surface area contributed by atoms with Gasteiger partial charge >= 0.3 is 0 Å². The van der Waals surface area contributed by atoms with Gasteiger partial charge in [0.1, 0.15) is 0 Å². The van der Waals surface area contributed by atoms with Crippen LogP contribution in [0.25, 0.3) is 16.7 Å². The van der Waals surface area contributed by atoms with Crippen LogP contribution in [0, 0.1) is 13.8 Å². The third kappa shape index (κ3) is 2.65. The number of rotatable bonds is 2. The molecule has 124 valence electrons. The maximum atomic E-state index is 12.4. The first-order valence-corrected chi connectivity index (χ1v) is 7.79. The number of aromatic nitrogens is 4. The lowest BCUT2D eigenvalue weighted by Gasteiger charge is -2.03. The van der Waals surface area contributed by atoms with Gasteiger partial charge in [-0.2, -0.15) is 4.98 Å². The Morgan fingerprint density at radius 3 is 2.72 bits per heavy atom. The Morgan fingerprint density at radius 2 is 1.92 bits per heavy atom. The second kappa shape index (κ2) is 5.55. The van der Waals surface area contributed by atoms with Crippen LogP contribution < -0.4 is 10.9 Å². The standard InChI is InChI=1S/C18H15N5O2/c1-10-4-3-5-12(8-10)19-17(24)15-21-16-18(25)20-13-9-11(2)6-7-14(13)23(16)22-15/h3-9H,1-2H3,(H,19,24)(H,20,25). The van der Waals surface area contributed by atoms with Crippen LogP contribution in [0.3, 0.4) is 0 Å². The number of fused-ring (bicyclic) bond motifs is 3. The molecule has 0 saturated heterocycles. The highest BCUT2D eigenvalue weighted by atomic mass is 16.2. The van der Waals surface area contributed by atoms with Crippen molar-refractivity contribution in [2.75, 3.05) is 5.32 Å². The van der Waals surface area contributed by atoms with E-state index in [4.69, 9.17) is 0 Å². The lowest BCUT2D eigenvalue weighted by Crippen LogP contribution is -2.14. The minimum absolute atomic E-state index is 0.0555. The second-order valence-corrected chi connectivity index (χ2v) is 5.97. The van der Waals surface area contributed by atoms with E-state index >= 15 is 0 Å². The first-order chi connectivity index (χ1) is 12.0. The zero-order chi connectivity index (χ0) is 17.6. The van der Waals surface area contributed by atoms with Crippen molar-refractivity contribution in [3.8, 4) is 0 Å². The fourth-order valence-electron chi connectivity index (χ4n) is 2.75. The molecular formula is C18H15N5O2. The smallest absolute Gasteiger partial charge is 0.295 e. The number of benzene rings is 2. The number of carbonyl (C=O) groups excluding carboxylic acids is 1. The van der Waals surface area contributed by atoms with Crippen LogP contribution in [0.15, 0.2) is 47.3 Å². The predicted octanol–water partition coefficient (Wildman–Crippen LogP) is 2.44. The summed E-state index contributed by atoms with van der Waals surface area (Å²) in [4.78, 5) is 31.5. The van der Waals surface area contributed by atoms with E-state index in [0.717, 1.165) is 11.1 Å². The number of nitrogens with one attached hydrogen (secondary N) is 2. The van der Waals surface area contributed by atoms with Crippen molar-refractivity contribution in [1.29, 1.82) is 0 Å².